The average Bonchev–Trinajstić information content (AvgIpc) is 2.86. The largest absolute Gasteiger partial charge is 0.495 e. The number of hydrogen-bond donors (Lipinski definition) is 1. The fourth-order valence-electron chi connectivity index (χ4n) is 4.68. The van der Waals surface area contributed by atoms with Crippen molar-refractivity contribution in [3.63, 3.8) is 0 Å². The van der Waals surface area contributed by atoms with E-state index in [9.17, 15) is 18.0 Å². The van der Waals surface area contributed by atoms with E-state index in [4.69, 9.17) is 4.74 Å². The molecule has 1 unspecified atom stereocenters. The standard InChI is InChI=1S/C26H31N3O5S/c1-4-22(29-24(30)17-18(2)21-9-8-10-23(34-3)25(21)29)26(31)27-19-11-13-20(14-12-19)35(32,33)28-15-6-5-7-16-28/h8-14,17,22H,4-7,15-16H2,1-3H3,(H,27,31). The number of carbonyl (C=O) groups is 1. The number of nitrogens with zero attached hydrogens (tertiary/aromatic N) is 2. The first kappa shape index (κ1) is 24.9. The van der Waals surface area contributed by atoms with Crippen LogP contribution in [0.15, 0.2) is 58.2 Å². The van der Waals surface area contributed by atoms with E-state index < -0.39 is 16.1 Å². The van der Waals surface area contributed by atoms with Crippen molar-refractivity contribution in [1.82, 2.24) is 8.87 Å². The molecular formula is C26H31N3O5S. The van der Waals surface area contributed by atoms with Crippen molar-refractivity contribution in [2.75, 3.05) is 25.5 Å². The Labute approximate surface area is 205 Å². The highest BCUT2D eigenvalue weighted by molar-refractivity contribution is 7.89. The number of anilines is 1. The van der Waals surface area contributed by atoms with Crippen LogP contribution in [0.25, 0.3) is 10.9 Å². The van der Waals surface area contributed by atoms with Crippen molar-refractivity contribution in [2.45, 2.75) is 50.5 Å². The Bertz CT molecular complexity index is 1390. The predicted molar refractivity (Wildman–Crippen MR) is 137 cm³/mol. The summed E-state index contributed by atoms with van der Waals surface area (Å²) in [6.07, 6.45) is 3.15. The molecular weight excluding hydrogens is 466 g/mol. The van der Waals surface area contributed by atoms with Crippen LogP contribution in [-0.4, -0.2) is 43.4 Å². The van der Waals surface area contributed by atoms with Crippen LogP contribution in [0, 0.1) is 6.92 Å². The topological polar surface area (TPSA) is 97.7 Å². The van der Waals surface area contributed by atoms with Crippen LogP contribution >= 0.6 is 0 Å². The summed E-state index contributed by atoms with van der Waals surface area (Å²) >= 11 is 0. The van der Waals surface area contributed by atoms with E-state index in [1.165, 1.54) is 34.2 Å². The highest BCUT2D eigenvalue weighted by Crippen LogP contribution is 2.30. The Morgan fingerprint density at radius 2 is 1.77 bits per heavy atom. The third-order valence-corrected chi connectivity index (χ3v) is 8.45. The summed E-state index contributed by atoms with van der Waals surface area (Å²) in [7, 11) is -2.02. The maximum absolute atomic E-state index is 13.3. The lowest BCUT2D eigenvalue weighted by atomic mass is 10.1. The number of rotatable bonds is 7. The lowest BCUT2D eigenvalue weighted by Gasteiger charge is -2.26. The molecule has 0 aliphatic carbocycles. The van der Waals surface area contributed by atoms with E-state index in [1.54, 1.807) is 18.2 Å². The summed E-state index contributed by atoms with van der Waals surface area (Å²) in [6, 6.07) is 12.4. The van der Waals surface area contributed by atoms with Gasteiger partial charge in [-0.1, -0.05) is 25.5 Å². The predicted octanol–water partition coefficient (Wildman–Crippen LogP) is 4.08. The third kappa shape index (κ3) is 4.83. The first-order chi connectivity index (χ1) is 16.8. The molecule has 9 heteroatoms. The number of benzene rings is 2. The number of fused-ring (bicyclic) bond motifs is 1. The summed E-state index contributed by atoms with van der Waals surface area (Å²) in [5.41, 5.74) is 1.55. The minimum absolute atomic E-state index is 0.204. The maximum Gasteiger partial charge on any atom is 0.252 e. The van der Waals surface area contributed by atoms with E-state index in [0.717, 1.165) is 30.2 Å². The zero-order valence-corrected chi connectivity index (χ0v) is 21.1. The Hall–Kier alpha value is -3.17. The first-order valence-electron chi connectivity index (χ1n) is 11.9. The molecule has 1 amide bonds. The van der Waals surface area contributed by atoms with E-state index >= 15 is 0 Å². The number of carbonyl (C=O) groups excluding carboxylic acids is 1. The van der Waals surface area contributed by atoms with Crippen LogP contribution in [0.3, 0.4) is 0 Å². The van der Waals surface area contributed by atoms with Crippen LogP contribution in [0.5, 0.6) is 5.75 Å². The van der Waals surface area contributed by atoms with Crippen molar-refractivity contribution in [2.24, 2.45) is 0 Å². The Balaban J connectivity index is 1.63. The number of amides is 1. The van der Waals surface area contributed by atoms with E-state index in [-0.39, 0.29) is 16.4 Å². The number of sulfonamides is 1. The second-order valence-electron chi connectivity index (χ2n) is 8.79. The summed E-state index contributed by atoms with van der Waals surface area (Å²) in [5, 5.41) is 3.68. The van der Waals surface area contributed by atoms with E-state index in [0.29, 0.717) is 36.5 Å². The molecule has 35 heavy (non-hydrogen) atoms. The lowest BCUT2D eigenvalue weighted by molar-refractivity contribution is -0.119. The molecule has 0 radical (unpaired) electrons. The Morgan fingerprint density at radius 3 is 2.40 bits per heavy atom. The number of para-hydroxylation sites is 1. The average molecular weight is 498 g/mol. The van der Waals surface area contributed by atoms with Gasteiger partial charge in [0.25, 0.3) is 5.56 Å². The van der Waals surface area contributed by atoms with Gasteiger partial charge in [0.1, 0.15) is 11.8 Å². The van der Waals surface area contributed by atoms with Gasteiger partial charge in [-0.15, -0.1) is 0 Å². The summed E-state index contributed by atoms with van der Waals surface area (Å²) in [4.78, 5) is 26.6. The molecule has 1 N–H and O–H groups in total. The summed E-state index contributed by atoms with van der Waals surface area (Å²) in [6.45, 7) is 4.75. The van der Waals surface area contributed by atoms with Crippen LogP contribution in [0.1, 0.15) is 44.2 Å². The zero-order chi connectivity index (χ0) is 25.2. The minimum atomic E-state index is -3.55. The SMILES string of the molecule is CCC(C(=O)Nc1ccc(S(=O)(=O)N2CCCCC2)cc1)n1c(=O)cc(C)c2cccc(OC)c21. The maximum atomic E-state index is 13.3. The van der Waals surface area contributed by atoms with Crippen LogP contribution < -0.4 is 15.6 Å². The smallest absolute Gasteiger partial charge is 0.252 e. The van der Waals surface area contributed by atoms with Crippen LogP contribution in [0.2, 0.25) is 0 Å². The lowest BCUT2D eigenvalue weighted by Crippen LogP contribution is -2.35. The highest BCUT2D eigenvalue weighted by atomic mass is 32.2. The van der Waals surface area contributed by atoms with Crippen molar-refractivity contribution in [3.8, 4) is 5.75 Å². The van der Waals surface area contributed by atoms with Gasteiger partial charge in [-0.2, -0.15) is 4.31 Å². The quantitative estimate of drug-likeness (QED) is 0.530. The molecule has 0 bridgehead atoms. The van der Waals surface area contributed by atoms with Crippen molar-refractivity contribution in [3.05, 3.63) is 64.4 Å². The Kier molecular flexibility index (Phi) is 7.28. The number of methoxy groups -OCH3 is 1. The molecule has 3 aromatic rings. The minimum Gasteiger partial charge on any atom is -0.495 e. The molecule has 1 saturated heterocycles. The van der Waals surface area contributed by atoms with Gasteiger partial charge in [0.05, 0.1) is 17.5 Å². The molecule has 1 atom stereocenters. The fourth-order valence-corrected chi connectivity index (χ4v) is 6.20. The fraction of sp³-hybridized carbons (Fsp3) is 0.385. The number of ether oxygens (including phenoxy) is 1. The van der Waals surface area contributed by atoms with Gasteiger partial charge in [-0.05, 0) is 62.1 Å². The normalized spacial score (nSPS) is 15.6. The molecule has 2 aromatic carbocycles. The van der Waals surface area contributed by atoms with E-state index in [2.05, 4.69) is 5.32 Å². The molecule has 4 rings (SSSR count). The number of piperidine rings is 1. The van der Waals surface area contributed by atoms with Gasteiger partial charge in [-0.25, -0.2) is 8.42 Å². The molecule has 0 spiro atoms. The van der Waals surface area contributed by atoms with Gasteiger partial charge in [0.15, 0.2) is 0 Å². The van der Waals surface area contributed by atoms with Gasteiger partial charge >= 0.3 is 0 Å². The van der Waals surface area contributed by atoms with E-state index in [1.807, 2.05) is 26.0 Å². The third-order valence-electron chi connectivity index (χ3n) is 6.54. The van der Waals surface area contributed by atoms with Crippen molar-refractivity contribution < 1.29 is 17.9 Å². The summed E-state index contributed by atoms with van der Waals surface area (Å²) in [5.74, 6) is 0.152. The molecule has 1 fully saturated rings. The monoisotopic (exact) mass is 497 g/mol. The van der Waals surface area contributed by atoms with Crippen molar-refractivity contribution in [1.29, 1.82) is 0 Å². The van der Waals surface area contributed by atoms with Crippen LogP contribution in [-0.2, 0) is 14.8 Å². The second-order valence-corrected chi connectivity index (χ2v) is 10.7. The van der Waals surface area contributed by atoms with Gasteiger partial charge in [0.2, 0.25) is 15.9 Å². The molecule has 8 nitrogen and oxygen atoms in total. The van der Waals surface area contributed by atoms with Crippen LogP contribution in [0.4, 0.5) is 5.69 Å². The number of pyridine rings is 1. The number of aryl methyl sites for hydroxylation is 1. The molecule has 2 heterocycles. The van der Waals surface area contributed by atoms with Gasteiger partial charge in [-0.3, -0.25) is 14.2 Å². The molecule has 1 aliphatic rings. The zero-order valence-electron chi connectivity index (χ0n) is 20.3. The molecule has 1 aromatic heterocycles. The second kappa shape index (κ2) is 10.2. The molecule has 186 valence electrons. The van der Waals surface area contributed by atoms with Gasteiger partial charge < -0.3 is 10.1 Å². The molecule has 1 aliphatic heterocycles. The highest BCUT2D eigenvalue weighted by Gasteiger charge is 2.27. The van der Waals surface area contributed by atoms with Gasteiger partial charge in [0, 0.05) is 30.2 Å². The molecule has 0 saturated carbocycles. The summed E-state index contributed by atoms with van der Waals surface area (Å²) < 4.78 is 34.3. The number of nitrogens with one attached hydrogen (secondary N) is 1. The number of aromatic nitrogens is 1. The Morgan fingerprint density at radius 1 is 1.09 bits per heavy atom. The number of hydrogen-bond acceptors (Lipinski definition) is 5. The van der Waals surface area contributed by atoms with Crippen molar-refractivity contribution >= 4 is 32.5 Å². The first-order valence-corrected chi connectivity index (χ1v) is 13.3.